The Hall–Kier alpha value is -2.64. The van der Waals surface area contributed by atoms with E-state index in [1.54, 1.807) is 54.5 Å². The maximum atomic E-state index is 2.82. The van der Waals surface area contributed by atoms with E-state index in [9.17, 15) is 0 Å². The minimum absolute atomic E-state index is 0.397. The molecular weight excluding hydrogens is 785 g/mol. The van der Waals surface area contributed by atoms with Gasteiger partial charge in [-0.3, -0.25) is 0 Å². The van der Waals surface area contributed by atoms with Gasteiger partial charge >= 0.3 is 0 Å². The number of benzene rings is 3. The molecule has 1 unspecified atom stereocenters. The molecule has 356 valence electrons. The lowest BCUT2D eigenvalue weighted by Crippen LogP contribution is -2.69. The van der Waals surface area contributed by atoms with E-state index >= 15 is 0 Å². The van der Waals surface area contributed by atoms with Gasteiger partial charge in [-0.05, 0) is 139 Å². The Balaban J connectivity index is 2.13. The van der Waals surface area contributed by atoms with Crippen molar-refractivity contribution >= 4 is 23.6 Å². The topological polar surface area (TPSA) is 0 Å². The average Bonchev–Trinajstić information content (AvgIpc) is 3.78. The SMILES string of the molecule is CCCCCCc1cc(CCCCCC)cc([Si](c2cc(CCCCCC)cc(CCCCCC)c2)(c2cc(CCCCCC)cc(CCCCCC)c2)C2C=CC(CCCC)=C2)c1. The third-order valence-corrected chi connectivity index (χ3v) is 19.6. The first-order chi connectivity index (χ1) is 31.4. The monoisotopic (exact) mass is 885 g/mol. The zero-order valence-corrected chi connectivity index (χ0v) is 44.3. The van der Waals surface area contributed by atoms with Crippen LogP contribution in [0.1, 0.15) is 255 Å². The molecule has 3 aromatic rings. The van der Waals surface area contributed by atoms with Crippen LogP contribution < -0.4 is 15.6 Å². The number of hydrogen-bond donors (Lipinski definition) is 0. The summed E-state index contributed by atoms with van der Waals surface area (Å²) >= 11 is 0. The zero-order valence-electron chi connectivity index (χ0n) is 43.3. The molecule has 0 spiro atoms. The summed E-state index contributed by atoms with van der Waals surface area (Å²) in [6, 6.07) is 24.9. The Morgan fingerprint density at radius 1 is 0.297 bits per heavy atom. The number of aryl methyl sites for hydroxylation is 6. The molecule has 0 bridgehead atoms. The Labute approximate surface area is 399 Å². The first-order valence-corrected chi connectivity index (χ1v) is 30.3. The van der Waals surface area contributed by atoms with E-state index in [1.807, 2.05) is 0 Å². The number of allylic oxidation sites excluding steroid dienone is 4. The zero-order chi connectivity index (χ0) is 45.7. The van der Waals surface area contributed by atoms with Crippen molar-refractivity contribution in [3.63, 3.8) is 0 Å². The molecule has 0 amide bonds. The van der Waals surface area contributed by atoms with Crippen LogP contribution >= 0.6 is 0 Å². The third-order valence-electron chi connectivity index (χ3n) is 14.7. The van der Waals surface area contributed by atoms with Gasteiger partial charge in [0.15, 0.2) is 8.07 Å². The van der Waals surface area contributed by atoms with Crippen LogP contribution in [0.15, 0.2) is 78.4 Å². The molecule has 1 aliphatic carbocycles. The third kappa shape index (κ3) is 17.9. The molecule has 1 atom stereocenters. The quantitative estimate of drug-likeness (QED) is 0.0307. The van der Waals surface area contributed by atoms with Crippen LogP contribution in [0.3, 0.4) is 0 Å². The van der Waals surface area contributed by atoms with E-state index in [-0.39, 0.29) is 0 Å². The first kappa shape index (κ1) is 54.0. The van der Waals surface area contributed by atoms with Crippen LogP contribution in [0.5, 0.6) is 0 Å². The van der Waals surface area contributed by atoms with Crippen molar-refractivity contribution in [2.45, 2.75) is 266 Å². The van der Waals surface area contributed by atoms with E-state index in [0.717, 1.165) is 0 Å². The molecule has 0 aliphatic heterocycles. The second kappa shape index (κ2) is 32.1. The van der Waals surface area contributed by atoms with Crippen LogP contribution in [-0.4, -0.2) is 8.07 Å². The Morgan fingerprint density at radius 3 is 0.812 bits per heavy atom. The van der Waals surface area contributed by atoms with Crippen molar-refractivity contribution in [2.24, 2.45) is 0 Å². The summed E-state index contributed by atoms with van der Waals surface area (Å²) in [6.07, 6.45) is 50.8. The Kier molecular flexibility index (Phi) is 27.1. The number of rotatable bonds is 37. The molecule has 0 heterocycles. The molecule has 0 saturated carbocycles. The molecule has 4 rings (SSSR count). The minimum atomic E-state index is -2.75. The molecule has 3 aromatic carbocycles. The molecule has 0 nitrogen and oxygen atoms in total. The standard InChI is InChI=1S/C63H100Si/c1-8-15-22-28-35-54-43-55(36-29-23-16-9-2)48-61(47-54)64(60-42-41-53(46-60)34-21-14-7,62-49-56(37-30-24-17-10-3)44-57(50-62)38-31-25-18-11-4)63-51-58(39-32-26-19-12-5)45-59(52-63)40-33-27-20-13-6/h41-52,60H,8-40H2,1-7H3. The van der Waals surface area contributed by atoms with Crippen LogP contribution in [-0.2, 0) is 38.5 Å². The fourth-order valence-electron chi connectivity index (χ4n) is 10.8. The molecule has 1 aliphatic rings. The van der Waals surface area contributed by atoms with Crippen LogP contribution in [0, 0.1) is 0 Å². The molecular formula is C63H100Si. The van der Waals surface area contributed by atoms with Crippen LogP contribution in [0.2, 0.25) is 5.54 Å². The van der Waals surface area contributed by atoms with Gasteiger partial charge in [0, 0.05) is 5.54 Å². The summed E-state index contributed by atoms with van der Waals surface area (Å²) in [5.41, 5.74) is 11.6. The van der Waals surface area contributed by atoms with Crippen molar-refractivity contribution in [1.82, 2.24) is 0 Å². The predicted molar refractivity (Wildman–Crippen MR) is 292 cm³/mol. The highest BCUT2D eigenvalue weighted by molar-refractivity contribution is 7.13. The van der Waals surface area contributed by atoms with Gasteiger partial charge in [0.1, 0.15) is 0 Å². The van der Waals surface area contributed by atoms with Crippen LogP contribution in [0.25, 0.3) is 0 Å². The maximum absolute atomic E-state index is 2.82. The summed E-state index contributed by atoms with van der Waals surface area (Å²) < 4.78 is 0. The van der Waals surface area contributed by atoms with E-state index in [1.165, 1.54) is 212 Å². The van der Waals surface area contributed by atoms with Crippen LogP contribution in [0.4, 0.5) is 0 Å². The van der Waals surface area contributed by atoms with Crippen molar-refractivity contribution < 1.29 is 0 Å². The van der Waals surface area contributed by atoms with Gasteiger partial charge in [-0.25, -0.2) is 0 Å². The molecule has 0 radical (unpaired) electrons. The smallest absolute Gasteiger partial charge is 0.0790 e. The summed E-state index contributed by atoms with van der Waals surface area (Å²) in [5, 5.41) is 5.11. The fraction of sp³-hybridized carbons (Fsp3) is 0.651. The summed E-state index contributed by atoms with van der Waals surface area (Å²) in [4.78, 5) is 0. The van der Waals surface area contributed by atoms with Crippen molar-refractivity contribution in [1.29, 1.82) is 0 Å². The lowest BCUT2D eigenvalue weighted by Gasteiger charge is -2.39. The Bertz CT molecular complexity index is 1490. The van der Waals surface area contributed by atoms with Crippen molar-refractivity contribution in [3.8, 4) is 0 Å². The number of hydrogen-bond acceptors (Lipinski definition) is 0. The predicted octanol–water partition coefficient (Wildman–Crippen LogP) is 18.0. The summed E-state index contributed by atoms with van der Waals surface area (Å²) in [6.45, 7) is 16.5. The second-order valence-corrected chi connectivity index (χ2v) is 24.5. The molecule has 0 saturated heterocycles. The molecule has 64 heavy (non-hydrogen) atoms. The van der Waals surface area contributed by atoms with Gasteiger partial charge in [-0.1, -0.05) is 249 Å². The lowest BCUT2D eigenvalue weighted by molar-refractivity contribution is 0.661. The van der Waals surface area contributed by atoms with Gasteiger partial charge in [0.2, 0.25) is 0 Å². The normalized spacial score (nSPS) is 13.9. The Morgan fingerprint density at radius 2 is 0.562 bits per heavy atom. The number of unbranched alkanes of at least 4 members (excludes halogenated alkanes) is 19. The van der Waals surface area contributed by atoms with Gasteiger partial charge in [0.05, 0.1) is 0 Å². The summed E-state index contributed by atoms with van der Waals surface area (Å²) in [7, 11) is -2.75. The van der Waals surface area contributed by atoms with E-state index in [2.05, 4.69) is 121 Å². The molecule has 1 heteroatoms. The van der Waals surface area contributed by atoms with E-state index in [4.69, 9.17) is 0 Å². The molecule has 0 N–H and O–H groups in total. The summed E-state index contributed by atoms with van der Waals surface area (Å²) in [5.74, 6) is 0. The second-order valence-electron chi connectivity index (χ2n) is 20.5. The van der Waals surface area contributed by atoms with E-state index in [0.29, 0.717) is 5.54 Å². The molecule has 0 aromatic heterocycles. The fourth-order valence-corrected chi connectivity index (χ4v) is 16.3. The lowest BCUT2D eigenvalue weighted by atomic mass is 10.00. The van der Waals surface area contributed by atoms with Crippen molar-refractivity contribution in [3.05, 3.63) is 112 Å². The van der Waals surface area contributed by atoms with Gasteiger partial charge in [-0.15, -0.1) is 0 Å². The maximum Gasteiger partial charge on any atom is 0.158 e. The van der Waals surface area contributed by atoms with Gasteiger partial charge < -0.3 is 0 Å². The minimum Gasteiger partial charge on any atom is -0.0790 e. The largest absolute Gasteiger partial charge is 0.158 e. The van der Waals surface area contributed by atoms with Crippen molar-refractivity contribution in [2.75, 3.05) is 0 Å². The van der Waals surface area contributed by atoms with E-state index < -0.39 is 8.07 Å². The highest BCUT2D eigenvalue weighted by Gasteiger charge is 2.46. The first-order valence-electron chi connectivity index (χ1n) is 28.2. The highest BCUT2D eigenvalue weighted by Crippen LogP contribution is 2.35. The molecule has 0 fully saturated rings. The van der Waals surface area contributed by atoms with Gasteiger partial charge in [-0.2, -0.15) is 0 Å². The average molecular weight is 886 g/mol. The van der Waals surface area contributed by atoms with Gasteiger partial charge in [0.25, 0.3) is 0 Å². The highest BCUT2D eigenvalue weighted by atomic mass is 28.3.